The molecule has 0 spiro atoms. The third kappa shape index (κ3) is 4.81. The molecule has 0 unspecified atom stereocenters. The van der Waals surface area contributed by atoms with E-state index in [-0.39, 0.29) is 11.8 Å². The van der Waals surface area contributed by atoms with Crippen molar-refractivity contribution in [3.05, 3.63) is 59.0 Å². The maximum Gasteiger partial charge on any atom is 0.308 e. The molecule has 1 aromatic heterocycles. The first-order valence-electron chi connectivity index (χ1n) is 10.8. The Bertz CT molecular complexity index is 1360. The fraction of sp³-hybridized carbons (Fsp3) is 0.231. The Morgan fingerprint density at radius 3 is 2.63 bits per heavy atom. The topological polar surface area (TPSA) is 97.8 Å². The van der Waals surface area contributed by atoms with Crippen molar-refractivity contribution in [2.24, 2.45) is 0 Å². The lowest BCUT2D eigenvalue weighted by molar-refractivity contribution is -0.132. The predicted octanol–water partition coefficient (Wildman–Crippen LogP) is 4.65. The summed E-state index contributed by atoms with van der Waals surface area (Å²) < 4.78 is 10.3. The van der Waals surface area contributed by atoms with Crippen molar-refractivity contribution >= 4 is 46.0 Å². The summed E-state index contributed by atoms with van der Waals surface area (Å²) >= 11 is 1.32. The number of carbonyl (C=O) groups is 3. The summed E-state index contributed by atoms with van der Waals surface area (Å²) in [5.41, 5.74) is 3.56. The lowest BCUT2D eigenvalue weighted by Crippen LogP contribution is -2.33. The molecule has 1 aliphatic heterocycles. The minimum Gasteiger partial charge on any atom is -0.493 e. The van der Waals surface area contributed by atoms with E-state index in [2.05, 4.69) is 10.3 Å². The maximum absolute atomic E-state index is 12.5. The molecule has 9 heteroatoms. The number of carbonyl (C=O) groups excluding carboxylic acids is 3. The number of methoxy groups -OCH3 is 1. The summed E-state index contributed by atoms with van der Waals surface area (Å²) in [7, 11) is 3.25. The Morgan fingerprint density at radius 2 is 1.91 bits per heavy atom. The Kier molecular flexibility index (Phi) is 6.45. The molecule has 35 heavy (non-hydrogen) atoms. The molecule has 0 fully saturated rings. The Labute approximate surface area is 207 Å². The monoisotopic (exact) mass is 491 g/mol. The van der Waals surface area contributed by atoms with Gasteiger partial charge in [-0.25, -0.2) is 4.98 Å². The van der Waals surface area contributed by atoms with E-state index in [1.165, 1.54) is 31.4 Å². The summed E-state index contributed by atoms with van der Waals surface area (Å²) in [5, 5.41) is 5.10. The quantitative estimate of drug-likeness (QED) is 0.306. The van der Waals surface area contributed by atoms with Crippen LogP contribution in [0.25, 0.3) is 17.3 Å². The molecule has 2 heterocycles. The standard InChI is InChI=1S/C26H25N3O5S/c1-15(30)34-21-10-6-16(12-22(21)33-5)7-11-23(31)28-25-27-19(14-35-25)17-8-9-20-18(13-17)26(2,3)24(32)29(20)4/h6-14H,1-5H3,(H,27,28,31)/b11-7+. The number of hydrogen-bond donors (Lipinski definition) is 1. The molecule has 8 nitrogen and oxygen atoms in total. The molecule has 3 aromatic rings. The van der Waals surface area contributed by atoms with Crippen LogP contribution in [-0.4, -0.2) is 36.9 Å². The van der Waals surface area contributed by atoms with Gasteiger partial charge in [0.15, 0.2) is 16.6 Å². The van der Waals surface area contributed by atoms with Crippen LogP contribution in [0.3, 0.4) is 0 Å². The van der Waals surface area contributed by atoms with E-state index in [9.17, 15) is 14.4 Å². The van der Waals surface area contributed by atoms with Gasteiger partial charge in [0.25, 0.3) is 0 Å². The average molecular weight is 492 g/mol. The molecule has 0 radical (unpaired) electrons. The van der Waals surface area contributed by atoms with Crippen molar-refractivity contribution < 1.29 is 23.9 Å². The van der Waals surface area contributed by atoms with Crippen molar-refractivity contribution in [1.29, 1.82) is 0 Å². The van der Waals surface area contributed by atoms with E-state index in [0.717, 1.165) is 22.5 Å². The molecule has 1 N–H and O–H groups in total. The fourth-order valence-corrected chi connectivity index (χ4v) is 4.66. The fourth-order valence-electron chi connectivity index (χ4n) is 3.94. The van der Waals surface area contributed by atoms with Crippen molar-refractivity contribution in [3.8, 4) is 22.8 Å². The number of fused-ring (bicyclic) bond motifs is 1. The van der Waals surface area contributed by atoms with Crippen LogP contribution in [-0.2, 0) is 19.8 Å². The van der Waals surface area contributed by atoms with Gasteiger partial charge in [0.2, 0.25) is 11.8 Å². The van der Waals surface area contributed by atoms with Crippen molar-refractivity contribution in [1.82, 2.24) is 4.98 Å². The molecular weight excluding hydrogens is 466 g/mol. The van der Waals surface area contributed by atoms with Gasteiger partial charge in [-0.2, -0.15) is 0 Å². The maximum atomic E-state index is 12.5. The number of aromatic nitrogens is 1. The Hall–Kier alpha value is -3.98. The van der Waals surface area contributed by atoms with Crippen LogP contribution < -0.4 is 19.7 Å². The van der Waals surface area contributed by atoms with E-state index < -0.39 is 11.4 Å². The van der Waals surface area contributed by atoms with E-state index in [1.807, 2.05) is 37.4 Å². The number of ether oxygens (including phenoxy) is 2. The first-order valence-corrected chi connectivity index (χ1v) is 11.7. The zero-order valence-corrected chi connectivity index (χ0v) is 20.9. The number of likely N-dealkylation sites (N-methyl/N-ethyl adjacent to an activating group) is 1. The van der Waals surface area contributed by atoms with Gasteiger partial charge >= 0.3 is 5.97 Å². The van der Waals surface area contributed by atoms with Crippen LogP contribution >= 0.6 is 11.3 Å². The lowest BCUT2D eigenvalue weighted by Gasteiger charge is -2.16. The molecular formula is C26H25N3O5S. The Morgan fingerprint density at radius 1 is 1.14 bits per heavy atom. The van der Waals surface area contributed by atoms with Crippen LogP contribution in [0.5, 0.6) is 11.5 Å². The largest absolute Gasteiger partial charge is 0.493 e. The summed E-state index contributed by atoms with van der Waals surface area (Å²) in [5.74, 6) is -0.0311. The second-order valence-electron chi connectivity index (χ2n) is 8.59. The van der Waals surface area contributed by atoms with Crippen LogP contribution in [0.1, 0.15) is 31.9 Å². The highest BCUT2D eigenvalue weighted by molar-refractivity contribution is 7.14. The zero-order chi connectivity index (χ0) is 25.3. The van der Waals surface area contributed by atoms with Crippen LogP contribution in [0.4, 0.5) is 10.8 Å². The molecule has 0 aliphatic carbocycles. The SMILES string of the molecule is COc1cc(/C=C/C(=O)Nc2nc(-c3ccc4c(c3)C(C)(C)C(=O)N4C)cs2)ccc1OC(C)=O. The number of esters is 1. The van der Waals surface area contributed by atoms with E-state index in [1.54, 1.807) is 36.2 Å². The average Bonchev–Trinajstić information content (AvgIpc) is 3.35. The van der Waals surface area contributed by atoms with Crippen molar-refractivity contribution in [2.75, 3.05) is 24.4 Å². The summed E-state index contributed by atoms with van der Waals surface area (Å²) in [4.78, 5) is 42.4. The van der Waals surface area contributed by atoms with E-state index >= 15 is 0 Å². The van der Waals surface area contributed by atoms with Gasteiger partial charge in [0, 0.05) is 36.7 Å². The number of benzene rings is 2. The third-order valence-corrected chi connectivity index (χ3v) is 6.53. The molecule has 0 atom stereocenters. The molecule has 1 aliphatic rings. The van der Waals surface area contributed by atoms with Gasteiger partial charge < -0.3 is 14.4 Å². The van der Waals surface area contributed by atoms with Crippen LogP contribution in [0.2, 0.25) is 0 Å². The van der Waals surface area contributed by atoms with Gasteiger partial charge in [-0.05, 0) is 55.3 Å². The first-order chi connectivity index (χ1) is 16.6. The summed E-state index contributed by atoms with van der Waals surface area (Å²) in [6.07, 6.45) is 3.01. The number of anilines is 2. The van der Waals surface area contributed by atoms with Gasteiger partial charge in [0.1, 0.15) is 0 Å². The second kappa shape index (κ2) is 9.34. The molecule has 4 rings (SSSR count). The highest BCUT2D eigenvalue weighted by atomic mass is 32.1. The summed E-state index contributed by atoms with van der Waals surface area (Å²) in [6.45, 7) is 5.15. The molecule has 2 aromatic carbocycles. The minimum absolute atomic E-state index is 0.0568. The number of nitrogens with zero attached hydrogens (tertiary/aromatic N) is 2. The van der Waals surface area contributed by atoms with Crippen molar-refractivity contribution in [3.63, 3.8) is 0 Å². The smallest absolute Gasteiger partial charge is 0.308 e. The normalized spacial score (nSPS) is 14.2. The van der Waals surface area contributed by atoms with Gasteiger partial charge in [0.05, 0.1) is 18.2 Å². The third-order valence-electron chi connectivity index (χ3n) is 5.77. The number of thiazole rings is 1. The summed E-state index contributed by atoms with van der Waals surface area (Å²) in [6, 6.07) is 10.8. The molecule has 2 amide bonds. The zero-order valence-electron chi connectivity index (χ0n) is 20.0. The molecule has 0 saturated heterocycles. The number of nitrogens with one attached hydrogen (secondary N) is 1. The predicted molar refractivity (Wildman–Crippen MR) is 136 cm³/mol. The lowest BCUT2D eigenvalue weighted by atomic mass is 9.85. The number of amides is 2. The van der Waals surface area contributed by atoms with Gasteiger partial charge in [-0.1, -0.05) is 12.1 Å². The van der Waals surface area contributed by atoms with E-state index in [0.29, 0.717) is 22.2 Å². The molecule has 0 saturated carbocycles. The first kappa shape index (κ1) is 24.2. The second-order valence-corrected chi connectivity index (χ2v) is 9.44. The van der Waals surface area contributed by atoms with Crippen LogP contribution in [0, 0.1) is 0 Å². The minimum atomic E-state index is -0.600. The van der Waals surface area contributed by atoms with Crippen LogP contribution in [0.15, 0.2) is 47.9 Å². The van der Waals surface area contributed by atoms with Gasteiger partial charge in [-0.3, -0.25) is 19.7 Å². The highest BCUT2D eigenvalue weighted by Gasteiger charge is 2.42. The molecule has 180 valence electrons. The highest BCUT2D eigenvalue weighted by Crippen LogP contribution is 2.42. The number of rotatable bonds is 6. The van der Waals surface area contributed by atoms with E-state index in [4.69, 9.17) is 9.47 Å². The Balaban J connectivity index is 1.46. The van der Waals surface area contributed by atoms with Crippen molar-refractivity contribution in [2.45, 2.75) is 26.2 Å². The van der Waals surface area contributed by atoms with Gasteiger partial charge in [-0.15, -0.1) is 11.3 Å². The molecule has 0 bridgehead atoms. The number of hydrogen-bond acceptors (Lipinski definition) is 7.